The van der Waals surface area contributed by atoms with E-state index in [2.05, 4.69) is 4.98 Å². The minimum absolute atomic E-state index is 0.131. The molecule has 0 saturated carbocycles. The molecular weight excluding hydrogens is 304 g/mol. The lowest BCUT2D eigenvalue weighted by Crippen LogP contribution is -2.37. The molecule has 22 heavy (non-hydrogen) atoms. The fourth-order valence-electron chi connectivity index (χ4n) is 2.58. The number of rotatable bonds is 0. The molecule has 4 aromatic rings. The second-order valence-corrected chi connectivity index (χ2v) is 6.02. The molecule has 0 saturated heterocycles. The first kappa shape index (κ1) is 13.0. The third-order valence-corrected chi connectivity index (χ3v) is 4.78. The molecule has 0 amide bonds. The number of benzene rings is 1. The van der Waals surface area contributed by atoms with E-state index >= 15 is 0 Å². The van der Waals surface area contributed by atoms with Crippen LogP contribution in [0.3, 0.4) is 0 Å². The van der Waals surface area contributed by atoms with Crippen molar-refractivity contribution in [2.24, 2.45) is 14.1 Å². The topological polar surface area (TPSA) is 78.4 Å². The highest BCUT2D eigenvalue weighted by atomic mass is 32.1. The quantitative estimate of drug-likeness (QED) is 0.472. The first-order valence-corrected chi connectivity index (χ1v) is 7.32. The van der Waals surface area contributed by atoms with E-state index in [1.165, 1.54) is 34.4 Å². The standard InChI is InChI=1S/C14H10N4O3S/c1-16-10-9(12(20)17(2)14(16)21)18-11(19)7-5-3-4-6-8(7)22-13(18)15-10/h3-6H,1-2H3. The van der Waals surface area contributed by atoms with Gasteiger partial charge < -0.3 is 0 Å². The summed E-state index contributed by atoms with van der Waals surface area (Å²) in [7, 11) is 2.92. The van der Waals surface area contributed by atoms with Gasteiger partial charge in [-0.3, -0.25) is 18.7 Å². The van der Waals surface area contributed by atoms with Crippen LogP contribution in [0.15, 0.2) is 38.6 Å². The molecule has 0 unspecified atom stereocenters. The van der Waals surface area contributed by atoms with Gasteiger partial charge in [-0.1, -0.05) is 23.5 Å². The zero-order chi connectivity index (χ0) is 15.6. The lowest BCUT2D eigenvalue weighted by molar-refractivity contribution is 0.707. The van der Waals surface area contributed by atoms with Crippen molar-refractivity contribution in [3.63, 3.8) is 0 Å². The Balaban J connectivity index is 2.45. The summed E-state index contributed by atoms with van der Waals surface area (Å²) in [4.78, 5) is 41.9. The Morgan fingerprint density at radius 1 is 1.00 bits per heavy atom. The highest BCUT2D eigenvalue weighted by Gasteiger charge is 2.18. The molecule has 3 aromatic heterocycles. The maximum absolute atomic E-state index is 12.7. The molecule has 0 aliphatic rings. The van der Waals surface area contributed by atoms with Gasteiger partial charge in [-0.25, -0.2) is 9.20 Å². The SMILES string of the molecule is Cn1c(=O)c2c(nc3sc4ccccc4c(=O)n32)n(C)c1=O. The van der Waals surface area contributed by atoms with Gasteiger partial charge in [-0.15, -0.1) is 0 Å². The van der Waals surface area contributed by atoms with E-state index in [4.69, 9.17) is 0 Å². The van der Waals surface area contributed by atoms with Crippen molar-refractivity contribution in [1.29, 1.82) is 0 Å². The summed E-state index contributed by atoms with van der Waals surface area (Å²) in [6, 6.07) is 7.16. The van der Waals surface area contributed by atoms with Gasteiger partial charge >= 0.3 is 5.69 Å². The van der Waals surface area contributed by atoms with Crippen LogP contribution >= 0.6 is 11.3 Å². The fourth-order valence-corrected chi connectivity index (χ4v) is 3.59. The van der Waals surface area contributed by atoms with Gasteiger partial charge in [0.15, 0.2) is 16.1 Å². The largest absolute Gasteiger partial charge is 0.332 e. The Labute approximate surface area is 126 Å². The molecule has 0 spiro atoms. The number of hydrogen-bond donors (Lipinski definition) is 0. The van der Waals surface area contributed by atoms with Crippen molar-refractivity contribution in [2.75, 3.05) is 0 Å². The molecule has 8 heteroatoms. The maximum atomic E-state index is 12.7. The minimum Gasteiger partial charge on any atom is -0.279 e. The van der Waals surface area contributed by atoms with E-state index < -0.39 is 11.2 Å². The zero-order valence-electron chi connectivity index (χ0n) is 11.7. The van der Waals surface area contributed by atoms with Gasteiger partial charge in [-0.2, -0.15) is 4.98 Å². The fraction of sp³-hybridized carbons (Fsp3) is 0.143. The van der Waals surface area contributed by atoms with Crippen molar-refractivity contribution in [3.8, 4) is 0 Å². The maximum Gasteiger partial charge on any atom is 0.332 e. The Morgan fingerprint density at radius 3 is 2.50 bits per heavy atom. The van der Waals surface area contributed by atoms with Gasteiger partial charge in [0.05, 0.1) is 5.39 Å². The molecule has 0 aliphatic heterocycles. The third kappa shape index (κ3) is 1.44. The number of hydrogen-bond acceptors (Lipinski definition) is 5. The smallest absolute Gasteiger partial charge is 0.279 e. The predicted molar refractivity (Wildman–Crippen MR) is 84.8 cm³/mol. The molecule has 0 aliphatic carbocycles. The molecule has 0 bridgehead atoms. The molecule has 3 heterocycles. The number of fused-ring (bicyclic) bond motifs is 4. The summed E-state index contributed by atoms with van der Waals surface area (Å²) in [5.74, 6) is 0. The molecule has 4 rings (SSSR count). The lowest BCUT2D eigenvalue weighted by Gasteiger charge is -2.02. The van der Waals surface area contributed by atoms with E-state index in [9.17, 15) is 14.4 Å². The summed E-state index contributed by atoms with van der Waals surface area (Å²) < 4.78 is 4.34. The molecule has 7 nitrogen and oxygen atoms in total. The minimum atomic E-state index is -0.523. The summed E-state index contributed by atoms with van der Waals surface area (Å²) in [6.45, 7) is 0. The van der Waals surface area contributed by atoms with Crippen molar-refractivity contribution in [1.82, 2.24) is 18.5 Å². The molecular formula is C14H10N4O3S. The molecule has 1 aromatic carbocycles. The average Bonchev–Trinajstić information content (AvgIpc) is 2.91. The number of aromatic nitrogens is 4. The van der Waals surface area contributed by atoms with E-state index in [1.807, 2.05) is 12.1 Å². The Bertz CT molecular complexity index is 1260. The highest BCUT2D eigenvalue weighted by Crippen LogP contribution is 2.21. The van der Waals surface area contributed by atoms with Gasteiger partial charge in [-0.05, 0) is 12.1 Å². The van der Waals surface area contributed by atoms with E-state index in [0.29, 0.717) is 10.3 Å². The van der Waals surface area contributed by atoms with Crippen molar-refractivity contribution in [3.05, 3.63) is 55.5 Å². The number of nitrogens with zero attached hydrogens (tertiary/aromatic N) is 4. The molecule has 0 N–H and O–H groups in total. The predicted octanol–water partition coefficient (Wildman–Crippen LogP) is 0.460. The second-order valence-electron chi connectivity index (χ2n) is 5.01. The van der Waals surface area contributed by atoms with Crippen LogP contribution in [0.5, 0.6) is 0 Å². The van der Waals surface area contributed by atoms with Crippen LogP contribution in [0.2, 0.25) is 0 Å². The molecule has 110 valence electrons. The summed E-state index contributed by atoms with van der Waals surface area (Å²) in [5, 5.41) is 0.523. The molecule has 0 atom stereocenters. The zero-order valence-corrected chi connectivity index (χ0v) is 12.5. The van der Waals surface area contributed by atoms with Gasteiger partial charge in [0.2, 0.25) is 0 Å². The summed E-state index contributed by atoms with van der Waals surface area (Å²) in [6.07, 6.45) is 0. The van der Waals surface area contributed by atoms with Crippen molar-refractivity contribution >= 4 is 37.5 Å². The Morgan fingerprint density at radius 2 is 1.73 bits per heavy atom. The first-order valence-electron chi connectivity index (χ1n) is 6.50. The lowest BCUT2D eigenvalue weighted by atomic mass is 10.3. The second kappa shape index (κ2) is 4.14. The van der Waals surface area contributed by atoms with E-state index in [0.717, 1.165) is 9.27 Å². The van der Waals surface area contributed by atoms with Gasteiger partial charge in [0, 0.05) is 18.8 Å². The monoisotopic (exact) mass is 314 g/mol. The normalized spacial score (nSPS) is 11.7. The Kier molecular flexibility index (Phi) is 2.44. The van der Waals surface area contributed by atoms with E-state index in [1.54, 1.807) is 12.1 Å². The van der Waals surface area contributed by atoms with Gasteiger partial charge in [0.1, 0.15) is 0 Å². The van der Waals surface area contributed by atoms with Crippen LogP contribution in [0, 0.1) is 0 Å². The van der Waals surface area contributed by atoms with Crippen LogP contribution in [0.1, 0.15) is 0 Å². The Hall–Kier alpha value is -2.74. The van der Waals surface area contributed by atoms with Crippen LogP contribution < -0.4 is 16.8 Å². The van der Waals surface area contributed by atoms with Crippen LogP contribution in [0.4, 0.5) is 0 Å². The number of imidazole rings is 1. The average molecular weight is 314 g/mol. The molecule has 0 radical (unpaired) electrons. The van der Waals surface area contributed by atoms with Crippen LogP contribution in [-0.4, -0.2) is 18.5 Å². The van der Waals surface area contributed by atoms with Crippen LogP contribution in [0.25, 0.3) is 26.2 Å². The third-order valence-electron chi connectivity index (χ3n) is 3.75. The summed E-state index contributed by atoms with van der Waals surface area (Å²) >= 11 is 1.31. The highest BCUT2D eigenvalue weighted by molar-refractivity contribution is 7.23. The number of aryl methyl sites for hydroxylation is 1. The summed E-state index contributed by atoms with van der Waals surface area (Å²) in [5.41, 5.74) is -0.945. The van der Waals surface area contributed by atoms with Crippen molar-refractivity contribution in [2.45, 2.75) is 0 Å². The van der Waals surface area contributed by atoms with Crippen molar-refractivity contribution < 1.29 is 0 Å². The van der Waals surface area contributed by atoms with E-state index in [-0.39, 0.29) is 16.7 Å². The molecule has 0 fully saturated rings. The van der Waals surface area contributed by atoms with Crippen LogP contribution in [-0.2, 0) is 14.1 Å². The van der Waals surface area contributed by atoms with Gasteiger partial charge in [0.25, 0.3) is 11.1 Å². The first-order chi connectivity index (χ1) is 10.5.